The summed E-state index contributed by atoms with van der Waals surface area (Å²) in [6.45, 7) is 4.01. The van der Waals surface area contributed by atoms with Crippen LogP contribution in [-0.2, 0) is 19.6 Å². The number of sulfonamides is 1. The fourth-order valence-corrected chi connectivity index (χ4v) is 3.59. The van der Waals surface area contributed by atoms with E-state index in [9.17, 15) is 13.2 Å². The lowest BCUT2D eigenvalue weighted by Crippen LogP contribution is -2.39. The number of ether oxygens (including phenoxy) is 1. The molecule has 0 bridgehead atoms. The Kier molecular flexibility index (Phi) is 6.15. The summed E-state index contributed by atoms with van der Waals surface area (Å²) in [4.78, 5) is 14.5. The second-order valence-electron chi connectivity index (χ2n) is 5.59. The van der Waals surface area contributed by atoms with Gasteiger partial charge in [-0.25, -0.2) is 12.7 Å². The average molecular weight is 340 g/mol. The van der Waals surface area contributed by atoms with Crippen LogP contribution >= 0.6 is 0 Å². The van der Waals surface area contributed by atoms with Crippen LogP contribution in [0.1, 0.15) is 25.0 Å². The number of benzene rings is 1. The first-order valence-corrected chi connectivity index (χ1v) is 9.68. The summed E-state index contributed by atoms with van der Waals surface area (Å²) in [5.41, 5.74) is 0.823. The molecule has 0 unspecified atom stereocenters. The summed E-state index contributed by atoms with van der Waals surface area (Å²) in [6, 6.07) is 9.40. The molecule has 7 heteroatoms. The molecule has 0 aromatic heterocycles. The maximum Gasteiger partial charge on any atom is 0.256 e. The lowest BCUT2D eigenvalue weighted by Gasteiger charge is -2.26. The first kappa shape index (κ1) is 17.9. The average Bonchev–Trinajstić information content (AvgIpc) is 2.78. The van der Waals surface area contributed by atoms with Gasteiger partial charge in [0.2, 0.25) is 10.0 Å². The Bertz CT molecular complexity index is 618. The summed E-state index contributed by atoms with van der Waals surface area (Å²) in [6.07, 6.45) is 1.20. The molecule has 0 radical (unpaired) electrons. The Morgan fingerprint density at radius 1 is 1.17 bits per heavy atom. The molecule has 1 heterocycles. The Labute approximate surface area is 138 Å². The van der Waals surface area contributed by atoms with Gasteiger partial charge in [-0.3, -0.25) is 4.79 Å². The van der Waals surface area contributed by atoms with Crippen molar-refractivity contribution in [2.75, 3.05) is 39.0 Å². The number of hydrogen-bond donors (Lipinski definition) is 0. The molecule has 2 rings (SSSR count). The standard InChI is InChI=1S/C16H24N2O4S/c1-3-22-15(14-8-5-4-6-9-14)16(19)17-10-7-11-18(13-12-17)23(2,20)21/h4-6,8-9,15H,3,7,10-13H2,1-2H3/t15-/m1/s1. The molecule has 6 nitrogen and oxygen atoms in total. The van der Waals surface area contributed by atoms with Crippen molar-refractivity contribution in [3.05, 3.63) is 35.9 Å². The van der Waals surface area contributed by atoms with Crippen LogP contribution in [-0.4, -0.2) is 62.6 Å². The van der Waals surface area contributed by atoms with Crippen molar-refractivity contribution in [2.24, 2.45) is 0 Å². The Morgan fingerprint density at radius 3 is 2.48 bits per heavy atom. The number of nitrogens with zero attached hydrogens (tertiary/aromatic N) is 2. The summed E-state index contributed by atoms with van der Waals surface area (Å²) in [7, 11) is -3.22. The zero-order chi connectivity index (χ0) is 16.9. The second-order valence-corrected chi connectivity index (χ2v) is 7.57. The zero-order valence-electron chi connectivity index (χ0n) is 13.6. The van der Waals surface area contributed by atoms with Crippen LogP contribution in [0.3, 0.4) is 0 Å². The molecule has 0 N–H and O–H groups in total. The van der Waals surface area contributed by atoms with Crippen molar-refractivity contribution in [1.82, 2.24) is 9.21 Å². The summed E-state index contributed by atoms with van der Waals surface area (Å²) in [5, 5.41) is 0. The van der Waals surface area contributed by atoms with E-state index in [0.717, 1.165) is 5.56 Å². The van der Waals surface area contributed by atoms with Crippen LogP contribution in [0.15, 0.2) is 30.3 Å². The Hall–Kier alpha value is -1.44. The normalized spacial score (nSPS) is 18.4. The van der Waals surface area contributed by atoms with Crippen LogP contribution in [0, 0.1) is 0 Å². The third kappa shape index (κ3) is 4.76. The third-order valence-corrected chi connectivity index (χ3v) is 5.20. The van der Waals surface area contributed by atoms with Crippen LogP contribution < -0.4 is 0 Å². The molecule has 23 heavy (non-hydrogen) atoms. The van der Waals surface area contributed by atoms with Gasteiger partial charge in [0.25, 0.3) is 5.91 Å². The first-order chi connectivity index (χ1) is 10.9. The molecule has 1 saturated heterocycles. The maximum absolute atomic E-state index is 12.8. The first-order valence-electron chi connectivity index (χ1n) is 7.84. The van der Waals surface area contributed by atoms with E-state index in [4.69, 9.17) is 4.74 Å². The topological polar surface area (TPSA) is 66.9 Å². The van der Waals surface area contributed by atoms with E-state index in [1.165, 1.54) is 10.6 Å². The Balaban J connectivity index is 2.11. The minimum absolute atomic E-state index is 0.103. The van der Waals surface area contributed by atoms with E-state index >= 15 is 0 Å². The number of carbonyl (C=O) groups is 1. The van der Waals surface area contributed by atoms with Gasteiger partial charge in [-0.2, -0.15) is 0 Å². The molecule has 128 valence electrons. The van der Waals surface area contributed by atoms with Crippen LogP contribution in [0.4, 0.5) is 0 Å². The highest BCUT2D eigenvalue weighted by molar-refractivity contribution is 7.88. The zero-order valence-corrected chi connectivity index (χ0v) is 14.5. The summed E-state index contributed by atoms with van der Waals surface area (Å²) in [5.74, 6) is -0.103. The smallest absolute Gasteiger partial charge is 0.256 e. The number of hydrogen-bond acceptors (Lipinski definition) is 4. The molecule has 1 aromatic rings. The largest absolute Gasteiger partial charge is 0.364 e. The quantitative estimate of drug-likeness (QED) is 0.809. The summed E-state index contributed by atoms with van der Waals surface area (Å²) < 4.78 is 30.4. The van der Waals surface area contributed by atoms with Crippen molar-refractivity contribution >= 4 is 15.9 Å². The molecule has 1 aliphatic heterocycles. The predicted octanol–water partition coefficient (Wildman–Crippen LogP) is 1.26. The van der Waals surface area contributed by atoms with E-state index in [-0.39, 0.29) is 5.91 Å². The predicted molar refractivity (Wildman–Crippen MR) is 88.4 cm³/mol. The fraction of sp³-hybridized carbons (Fsp3) is 0.562. The van der Waals surface area contributed by atoms with Gasteiger partial charge >= 0.3 is 0 Å². The summed E-state index contributed by atoms with van der Waals surface area (Å²) >= 11 is 0. The molecular formula is C16H24N2O4S. The lowest BCUT2D eigenvalue weighted by atomic mass is 10.1. The van der Waals surface area contributed by atoms with Gasteiger partial charge in [-0.1, -0.05) is 30.3 Å². The van der Waals surface area contributed by atoms with Gasteiger partial charge in [0.15, 0.2) is 6.10 Å². The highest BCUT2D eigenvalue weighted by Gasteiger charge is 2.29. The highest BCUT2D eigenvalue weighted by Crippen LogP contribution is 2.21. The van der Waals surface area contributed by atoms with Crippen LogP contribution in [0.5, 0.6) is 0 Å². The van der Waals surface area contributed by atoms with Crippen LogP contribution in [0.25, 0.3) is 0 Å². The van der Waals surface area contributed by atoms with Gasteiger partial charge in [0.1, 0.15) is 0 Å². The van der Waals surface area contributed by atoms with E-state index < -0.39 is 16.1 Å². The number of carbonyl (C=O) groups excluding carboxylic acids is 1. The van der Waals surface area contributed by atoms with Crippen molar-refractivity contribution in [2.45, 2.75) is 19.4 Å². The molecule has 1 amide bonds. The van der Waals surface area contributed by atoms with Gasteiger partial charge in [0, 0.05) is 32.8 Å². The molecule has 1 aromatic carbocycles. The lowest BCUT2D eigenvalue weighted by molar-refractivity contribution is -0.143. The SMILES string of the molecule is CCO[C@@H](C(=O)N1CCCN(S(C)(=O)=O)CC1)c1ccccc1. The molecule has 0 aliphatic carbocycles. The molecule has 0 spiro atoms. The van der Waals surface area contributed by atoms with Gasteiger partial charge in [-0.05, 0) is 18.9 Å². The molecule has 1 fully saturated rings. The van der Waals surface area contributed by atoms with Crippen molar-refractivity contribution < 1.29 is 17.9 Å². The molecule has 1 atom stereocenters. The molecule has 1 aliphatic rings. The van der Waals surface area contributed by atoms with E-state index in [1.54, 1.807) is 4.90 Å². The minimum Gasteiger partial charge on any atom is -0.364 e. The van der Waals surface area contributed by atoms with E-state index in [0.29, 0.717) is 39.2 Å². The highest BCUT2D eigenvalue weighted by atomic mass is 32.2. The number of amides is 1. The van der Waals surface area contributed by atoms with Crippen molar-refractivity contribution in [1.29, 1.82) is 0 Å². The molecular weight excluding hydrogens is 316 g/mol. The minimum atomic E-state index is -3.22. The molecule has 0 saturated carbocycles. The van der Waals surface area contributed by atoms with Crippen molar-refractivity contribution in [3.8, 4) is 0 Å². The van der Waals surface area contributed by atoms with Gasteiger partial charge < -0.3 is 9.64 Å². The van der Waals surface area contributed by atoms with Crippen LogP contribution in [0.2, 0.25) is 0 Å². The van der Waals surface area contributed by atoms with Crippen molar-refractivity contribution in [3.63, 3.8) is 0 Å². The maximum atomic E-state index is 12.8. The second kappa shape index (κ2) is 7.90. The third-order valence-electron chi connectivity index (χ3n) is 3.90. The fourth-order valence-electron chi connectivity index (χ4n) is 2.72. The van der Waals surface area contributed by atoms with E-state index in [1.807, 2.05) is 37.3 Å². The van der Waals surface area contributed by atoms with E-state index in [2.05, 4.69) is 0 Å². The monoisotopic (exact) mass is 340 g/mol. The Morgan fingerprint density at radius 2 is 1.87 bits per heavy atom. The van der Waals surface area contributed by atoms with Gasteiger partial charge in [-0.15, -0.1) is 0 Å². The van der Waals surface area contributed by atoms with Gasteiger partial charge in [0.05, 0.1) is 6.26 Å². The number of rotatable bonds is 5.